The summed E-state index contributed by atoms with van der Waals surface area (Å²) in [5, 5.41) is 0.753. The lowest BCUT2D eigenvalue weighted by molar-refractivity contribution is 0.0997. The molecule has 1 amide bonds. The number of hydrogen-bond acceptors (Lipinski definition) is 5. The second kappa shape index (κ2) is 11.1. The molecule has 0 unspecified atom stereocenters. The van der Waals surface area contributed by atoms with Crippen molar-refractivity contribution in [3.8, 4) is 0 Å². The molecule has 4 aromatic rings. The van der Waals surface area contributed by atoms with E-state index in [9.17, 15) is 13.2 Å². The number of benzene rings is 3. The fourth-order valence-electron chi connectivity index (χ4n) is 3.52. The minimum atomic E-state index is -3.91. The van der Waals surface area contributed by atoms with Crippen LogP contribution in [0.2, 0.25) is 10.0 Å². The molecule has 1 heterocycles. The van der Waals surface area contributed by atoms with Crippen LogP contribution in [0.25, 0.3) is 10.2 Å². The summed E-state index contributed by atoms with van der Waals surface area (Å²) >= 11 is 14.0. The Kier molecular flexibility index (Phi) is 8.17. The Morgan fingerprint density at radius 2 is 1.81 bits per heavy atom. The maximum absolute atomic E-state index is 13.3. The van der Waals surface area contributed by atoms with E-state index < -0.39 is 15.9 Å². The number of carbonyl (C=O) groups is 1. The van der Waals surface area contributed by atoms with Crippen molar-refractivity contribution in [2.45, 2.75) is 25.3 Å². The van der Waals surface area contributed by atoms with E-state index in [4.69, 9.17) is 27.9 Å². The Hall–Kier alpha value is -2.69. The van der Waals surface area contributed by atoms with Gasteiger partial charge in [0, 0.05) is 13.2 Å². The molecular weight excluding hydrogens is 541 g/mol. The van der Waals surface area contributed by atoms with E-state index in [1.54, 1.807) is 34.9 Å². The molecule has 7 nitrogen and oxygen atoms in total. The van der Waals surface area contributed by atoms with E-state index in [0.717, 1.165) is 10.3 Å². The highest BCUT2D eigenvalue weighted by Crippen LogP contribution is 2.32. The lowest BCUT2D eigenvalue weighted by atomic mass is 10.2. The molecular formula is C25H23Cl2N3O4S2. The van der Waals surface area contributed by atoms with Crippen LogP contribution in [0.3, 0.4) is 0 Å². The SMILES string of the molecule is CCOCCn1c(=NC(=O)c2ccccc2NS(=O)(=O)c2ccc(C)cc2)sc2ccc(Cl)c(Cl)c21. The van der Waals surface area contributed by atoms with Crippen LogP contribution in [0.5, 0.6) is 0 Å². The molecule has 1 N–H and O–H groups in total. The van der Waals surface area contributed by atoms with Crippen LogP contribution < -0.4 is 9.52 Å². The zero-order valence-corrected chi connectivity index (χ0v) is 22.6. The van der Waals surface area contributed by atoms with Gasteiger partial charge in [-0.3, -0.25) is 9.52 Å². The molecule has 0 aliphatic heterocycles. The average molecular weight is 565 g/mol. The number of rotatable bonds is 8. The van der Waals surface area contributed by atoms with Crippen molar-refractivity contribution in [3.05, 3.63) is 86.6 Å². The van der Waals surface area contributed by atoms with Crippen molar-refractivity contribution in [3.63, 3.8) is 0 Å². The van der Waals surface area contributed by atoms with Crippen LogP contribution >= 0.6 is 34.5 Å². The monoisotopic (exact) mass is 563 g/mol. The normalized spacial score (nSPS) is 12.3. The van der Waals surface area contributed by atoms with Gasteiger partial charge in [-0.1, -0.05) is 64.4 Å². The van der Waals surface area contributed by atoms with Crippen LogP contribution in [0.4, 0.5) is 5.69 Å². The number of aromatic nitrogens is 1. The highest BCUT2D eigenvalue weighted by molar-refractivity contribution is 7.92. The Balaban J connectivity index is 1.76. The summed E-state index contributed by atoms with van der Waals surface area (Å²) in [6, 6.07) is 16.3. The van der Waals surface area contributed by atoms with Crippen LogP contribution in [-0.2, 0) is 21.3 Å². The number of anilines is 1. The molecule has 0 bridgehead atoms. The highest BCUT2D eigenvalue weighted by atomic mass is 35.5. The summed E-state index contributed by atoms with van der Waals surface area (Å²) in [6.07, 6.45) is 0. The van der Waals surface area contributed by atoms with Crippen molar-refractivity contribution in [1.82, 2.24) is 4.57 Å². The van der Waals surface area contributed by atoms with Gasteiger partial charge in [0.25, 0.3) is 15.9 Å². The molecule has 4 rings (SSSR count). The Morgan fingerprint density at radius 3 is 2.53 bits per heavy atom. The number of nitrogens with zero attached hydrogens (tertiary/aromatic N) is 2. The Bertz CT molecular complexity index is 1590. The lowest BCUT2D eigenvalue weighted by Gasteiger charge is -2.11. The summed E-state index contributed by atoms with van der Waals surface area (Å²) in [5.74, 6) is -0.601. The van der Waals surface area contributed by atoms with E-state index in [1.807, 2.05) is 19.9 Å². The second-order valence-corrected chi connectivity index (χ2v) is 11.3. The van der Waals surface area contributed by atoms with Gasteiger partial charge < -0.3 is 9.30 Å². The number of thiazole rings is 1. The third-order valence-corrected chi connectivity index (χ3v) is 8.55. The van der Waals surface area contributed by atoms with Gasteiger partial charge in [0.2, 0.25) is 0 Å². The van der Waals surface area contributed by atoms with Gasteiger partial charge in [-0.05, 0) is 50.2 Å². The number of para-hydroxylation sites is 1. The molecule has 3 aromatic carbocycles. The van der Waals surface area contributed by atoms with Crippen LogP contribution in [-0.4, -0.2) is 32.1 Å². The highest BCUT2D eigenvalue weighted by Gasteiger charge is 2.19. The van der Waals surface area contributed by atoms with Gasteiger partial charge in [0.05, 0.1) is 43.0 Å². The quantitative estimate of drug-likeness (QED) is 0.270. The number of fused-ring (bicyclic) bond motifs is 1. The van der Waals surface area contributed by atoms with Gasteiger partial charge in [-0.25, -0.2) is 8.42 Å². The number of ether oxygens (including phenoxy) is 1. The summed E-state index contributed by atoms with van der Waals surface area (Å²) in [5.41, 5.74) is 1.85. The van der Waals surface area contributed by atoms with Crippen molar-refractivity contribution < 1.29 is 17.9 Å². The fraction of sp³-hybridized carbons (Fsp3) is 0.200. The Labute approximate surface area is 223 Å². The summed E-state index contributed by atoms with van der Waals surface area (Å²) in [6.45, 7) is 5.09. The maximum atomic E-state index is 13.3. The largest absolute Gasteiger partial charge is 0.380 e. The fourth-order valence-corrected chi connectivity index (χ4v) is 6.14. The minimum Gasteiger partial charge on any atom is -0.380 e. The molecule has 0 aliphatic rings. The number of halogens is 2. The third kappa shape index (κ3) is 5.66. The van der Waals surface area contributed by atoms with Gasteiger partial charge >= 0.3 is 0 Å². The number of hydrogen-bond donors (Lipinski definition) is 1. The number of sulfonamides is 1. The van der Waals surface area contributed by atoms with Crippen LogP contribution in [0.1, 0.15) is 22.8 Å². The van der Waals surface area contributed by atoms with Crippen molar-refractivity contribution in [2.75, 3.05) is 17.9 Å². The zero-order chi connectivity index (χ0) is 25.9. The van der Waals surface area contributed by atoms with Gasteiger partial charge in [0.1, 0.15) is 0 Å². The summed E-state index contributed by atoms with van der Waals surface area (Å²) in [4.78, 5) is 18.1. The minimum absolute atomic E-state index is 0.0945. The smallest absolute Gasteiger partial charge is 0.281 e. The first-order chi connectivity index (χ1) is 17.2. The first-order valence-electron chi connectivity index (χ1n) is 11.0. The molecule has 1 aromatic heterocycles. The van der Waals surface area contributed by atoms with E-state index in [-0.39, 0.29) is 16.1 Å². The number of carbonyl (C=O) groups excluding carboxylic acids is 1. The van der Waals surface area contributed by atoms with E-state index in [2.05, 4.69) is 9.71 Å². The van der Waals surface area contributed by atoms with Crippen LogP contribution in [0, 0.1) is 6.92 Å². The van der Waals surface area contributed by atoms with Gasteiger partial charge in [-0.15, -0.1) is 0 Å². The predicted molar refractivity (Wildman–Crippen MR) is 145 cm³/mol. The molecule has 0 saturated carbocycles. The zero-order valence-electron chi connectivity index (χ0n) is 19.5. The summed E-state index contributed by atoms with van der Waals surface area (Å²) < 4.78 is 36.5. The predicted octanol–water partition coefficient (Wildman–Crippen LogP) is 5.90. The molecule has 0 radical (unpaired) electrons. The summed E-state index contributed by atoms with van der Waals surface area (Å²) in [7, 11) is -3.91. The van der Waals surface area contributed by atoms with Crippen LogP contribution in [0.15, 0.2) is 70.6 Å². The first-order valence-corrected chi connectivity index (χ1v) is 14.1. The standard InChI is InChI=1S/C25H23Cl2N3O4S2/c1-3-34-15-14-30-23-21(13-12-19(26)22(23)27)35-25(30)28-24(31)18-6-4-5-7-20(18)29-36(32,33)17-10-8-16(2)9-11-17/h4-13,29H,3,14-15H2,1-2H3. The average Bonchev–Trinajstić information content (AvgIpc) is 3.19. The van der Waals surface area contributed by atoms with Crippen molar-refractivity contribution >= 4 is 66.4 Å². The van der Waals surface area contributed by atoms with E-state index >= 15 is 0 Å². The lowest BCUT2D eigenvalue weighted by Crippen LogP contribution is -2.20. The number of aryl methyl sites for hydroxylation is 1. The topological polar surface area (TPSA) is 89.8 Å². The van der Waals surface area contributed by atoms with E-state index in [0.29, 0.717) is 40.1 Å². The molecule has 0 spiro atoms. The molecule has 188 valence electrons. The first kappa shape index (κ1) is 26.4. The number of nitrogens with one attached hydrogen (secondary N) is 1. The van der Waals surface area contributed by atoms with E-state index in [1.165, 1.54) is 35.6 Å². The van der Waals surface area contributed by atoms with Crippen molar-refractivity contribution in [1.29, 1.82) is 0 Å². The molecule has 0 aliphatic carbocycles. The molecule has 0 atom stereocenters. The molecule has 0 fully saturated rings. The number of amides is 1. The third-order valence-electron chi connectivity index (χ3n) is 5.33. The molecule has 36 heavy (non-hydrogen) atoms. The molecule has 0 saturated heterocycles. The second-order valence-electron chi connectivity index (χ2n) is 7.82. The Morgan fingerprint density at radius 1 is 1.08 bits per heavy atom. The maximum Gasteiger partial charge on any atom is 0.281 e. The van der Waals surface area contributed by atoms with Gasteiger partial charge in [-0.2, -0.15) is 4.99 Å². The van der Waals surface area contributed by atoms with Crippen molar-refractivity contribution in [2.24, 2.45) is 4.99 Å². The molecule has 11 heteroatoms. The van der Waals surface area contributed by atoms with Gasteiger partial charge in [0.15, 0.2) is 4.80 Å².